The Morgan fingerprint density at radius 2 is 2.00 bits per heavy atom. The van der Waals surface area contributed by atoms with Gasteiger partial charge in [0.15, 0.2) is 0 Å². The van der Waals surface area contributed by atoms with Gasteiger partial charge in [0.1, 0.15) is 5.75 Å². The molecule has 16 heavy (non-hydrogen) atoms. The fourth-order valence-electron chi connectivity index (χ4n) is 1.31. The van der Waals surface area contributed by atoms with Crippen LogP contribution in [0.2, 0.25) is 0 Å². The van der Waals surface area contributed by atoms with Crippen LogP contribution in [0.1, 0.15) is 17.3 Å². The summed E-state index contributed by atoms with van der Waals surface area (Å²) in [6.45, 7) is 3.27. The summed E-state index contributed by atoms with van der Waals surface area (Å²) in [5.41, 5.74) is 0.687. The lowest BCUT2D eigenvalue weighted by molar-refractivity contribution is 0.0804. The molecule has 0 saturated carbocycles. The Morgan fingerprint density at radius 3 is 2.50 bits per heavy atom. The van der Waals surface area contributed by atoms with Crippen molar-refractivity contribution in [3.63, 3.8) is 0 Å². The number of benzene rings is 1. The number of ether oxygens (including phenoxy) is 1. The molecule has 3 nitrogen and oxygen atoms in total. The molecule has 0 aliphatic rings. The molecule has 0 radical (unpaired) electrons. The van der Waals surface area contributed by atoms with E-state index in [0.29, 0.717) is 18.7 Å². The molecular weight excluding hydrogens is 270 g/mol. The Bertz CT molecular complexity index is 337. The number of nitrogens with zero attached hydrogens (tertiary/aromatic N) is 1. The van der Waals surface area contributed by atoms with Crippen molar-refractivity contribution in [3.05, 3.63) is 29.8 Å². The standard InChI is InChI=1S/C12H16BrNO2/c1-3-16-11-6-4-10(5-7-11)12(15)14(2)9-8-13/h4-7H,3,8-9H2,1-2H3. The third-order valence-electron chi connectivity index (χ3n) is 2.18. The largest absolute Gasteiger partial charge is 0.494 e. The molecule has 0 spiro atoms. The summed E-state index contributed by atoms with van der Waals surface area (Å²) >= 11 is 3.31. The lowest BCUT2D eigenvalue weighted by Crippen LogP contribution is -2.28. The highest BCUT2D eigenvalue weighted by Crippen LogP contribution is 2.13. The van der Waals surface area contributed by atoms with E-state index in [4.69, 9.17) is 4.74 Å². The highest BCUT2D eigenvalue weighted by atomic mass is 79.9. The van der Waals surface area contributed by atoms with Gasteiger partial charge < -0.3 is 9.64 Å². The van der Waals surface area contributed by atoms with Crippen molar-refractivity contribution >= 4 is 21.8 Å². The first kappa shape index (κ1) is 13.0. The highest BCUT2D eigenvalue weighted by molar-refractivity contribution is 9.09. The van der Waals surface area contributed by atoms with E-state index >= 15 is 0 Å². The van der Waals surface area contributed by atoms with Gasteiger partial charge in [-0.15, -0.1) is 0 Å². The first-order valence-corrected chi connectivity index (χ1v) is 6.35. The van der Waals surface area contributed by atoms with Gasteiger partial charge in [0.05, 0.1) is 6.61 Å². The molecule has 1 rings (SSSR count). The first-order chi connectivity index (χ1) is 7.69. The SMILES string of the molecule is CCOc1ccc(C(=O)N(C)CCBr)cc1. The van der Waals surface area contributed by atoms with Crippen molar-refractivity contribution in [1.29, 1.82) is 0 Å². The van der Waals surface area contributed by atoms with Crippen molar-refractivity contribution in [2.24, 2.45) is 0 Å². The maximum Gasteiger partial charge on any atom is 0.253 e. The van der Waals surface area contributed by atoms with Crippen LogP contribution in [0.4, 0.5) is 0 Å². The van der Waals surface area contributed by atoms with Gasteiger partial charge in [0.25, 0.3) is 5.91 Å². The van der Waals surface area contributed by atoms with Crippen molar-refractivity contribution in [2.45, 2.75) is 6.92 Å². The molecule has 1 aromatic carbocycles. The number of carbonyl (C=O) groups excluding carboxylic acids is 1. The van der Waals surface area contributed by atoms with E-state index in [1.807, 2.05) is 19.1 Å². The maximum atomic E-state index is 11.9. The van der Waals surface area contributed by atoms with Gasteiger partial charge in [-0.1, -0.05) is 15.9 Å². The maximum absolute atomic E-state index is 11.9. The van der Waals surface area contributed by atoms with Crippen molar-refractivity contribution in [2.75, 3.05) is 25.5 Å². The summed E-state index contributed by atoms with van der Waals surface area (Å²) in [7, 11) is 1.79. The molecule has 4 heteroatoms. The lowest BCUT2D eigenvalue weighted by atomic mass is 10.2. The second-order valence-corrected chi connectivity index (χ2v) is 4.17. The zero-order chi connectivity index (χ0) is 12.0. The molecule has 1 amide bonds. The third kappa shape index (κ3) is 3.52. The van der Waals surface area contributed by atoms with Crippen LogP contribution < -0.4 is 4.74 Å². The van der Waals surface area contributed by atoms with Crippen LogP contribution in [0, 0.1) is 0 Å². The average molecular weight is 286 g/mol. The summed E-state index contributed by atoms with van der Waals surface area (Å²) < 4.78 is 5.32. The van der Waals surface area contributed by atoms with Crippen LogP contribution in [0.5, 0.6) is 5.75 Å². The number of alkyl halides is 1. The van der Waals surface area contributed by atoms with E-state index in [0.717, 1.165) is 11.1 Å². The van der Waals surface area contributed by atoms with Gasteiger partial charge in [0.2, 0.25) is 0 Å². The smallest absolute Gasteiger partial charge is 0.253 e. The average Bonchev–Trinajstić information content (AvgIpc) is 2.30. The number of halogens is 1. The summed E-state index contributed by atoms with van der Waals surface area (Å²) in [6, 6.07) is 7.22. The second kappa shape index (κ2) is 6.53. The van der Waals surface area contributed by atoms with Gasteiger partial charge in [-0.2, -0.15) is 0 Å². The van der Waals surface area contributed by atoms with Gasteiger partial charge in [-0.05, 0) is 31.2 Å². The van der Waals surface area contributed by atoms with Crippen molar-refractivity contribution in [3.8, 4) is 5.75 Å². The van der Waals surface area contributed by atoms with Gasteiger partial charge >= 0.3 is 0 Å². The fourth-order valence-corrected chi connectivity index (χ4v) is 1.84. The second-order valence-electron chi connectivity index (χ2n) is 3.37. The molecule has 0 aliphatic heterocycles. The number of hydrogen-bond donors (Lipinski definition) is 0. The van der Waals surface area contributed by atoms with Gasteiger partial charge in [-0.3, -0.25) is 4.79 Å². The van der Waals surface area contributed by atoms with Gasteiger partial charge in [0, 0.05) is 24.5 Å². The monoisotopic (exact) mass is 285 g/mol. The fraction of sp³-hybridized carbons (Fsp3) is 0.417. The summed E-state index contributed by atoms with van der Waals surface area (Å²) in [6.07, 6.45) is 0. The number of amides is 1. The molecular formula is C12H16BrNO2. The Balaban J connectivity index is 2.69. The summed E-state index contributed by atoms with van der Waals surface area (Å²) in [5.74, 6) is 0.824. The quantitative estimate of drug-likeness (QED) is 0.778. The van der Waals surface area contributed by atoms with Crippen LogP contribution in [0.25, 0.3) is 0 Å². The summed E-state index contributed by atoms with van der Waals surface area (Å²) in [4.78, 5) is 13.6. The normalized spacial score (nSPS) is 9.94. The molecule has 0 atom stereocenters. The molecule has 0 heterocycles. The topological polar surface area (TPSA) is 29.5 Å². The minimum absolute atomic E-state index is 0.0301. The number of carbonyl (C=O) groups is 1. The van der Waals surface area contributed by atoms with E-state index in [2.05, 4.69) is 15.9 Å². The van der Waals surface area contributed by atoms with Crippen LogP contribution in [0.15, 0.2) is 24.3 Å². The first-order valence-electron chi connectivity index (χ1n) is 5.23. The van der Waals surface area contributed by atoms with Crippen LogP contribution in [-0.2, 0) is 0 Å². The Kier molecular flexibility index (Phi) is 5.32. The molecule has 0 fully saturated rings. The van der Waals surface area contributed by atoms with E-state index < -0.39 is 0 Å². The van der Waals surface area contributed by atoms with E-state index in [1.165, 1.54) is 0 Å². The number of hydrogen-bond acceptors (Lipinski definition) is 2. The van der Waals surface area contributed by atoms with Crippen molar-refractivity contribution < 1.29 is 9.53 Å². The predicted molar refractivity (Wildman–Crippen MR) is 68.4 cm³/mol. The Morgan fingerprint density at radius 1 is 1.38 bits per heavy atom. The van der Waals surface area contributed by atoms with E-state index in [9.17, 15) is 4.79 Å². The van der Waals surface area contributed by atoms with E-state index in [-0.39, 0.29) is 5.91 Å². The van der Waals surface area contributed by atoms with Crippen LogP contribution in [-0.4, -0.2) is 36.3 Å². The van der Waals surface area contributed by atoms with Crippen molar-refractivity contribution in [1.82, 2.24) is 4.90 Å². The van der Waals surface area contributed by atoms with Crippen LogP contribution in [0.3, 0.4) is 0 Å². The van der Waals surface area contributed by atoms with E-state index in [1.54, 1.807) is 24.1 Å². The predicted octanol–water partition coefficient (Wildman–Crippen LogP) is 2.55. The van der Waals surface area contributed by atoms with Gasteiger partial charge in [-0.25, -0.2) is 0 Å². The van der Waals surface area contributed by atoms with Crippen LogP contribution >= 0.6 is 15.9 Å². The molecule has 0 bridgehead atoms. The molecule has 0 aromatic heterocycles. The minimum atomic E-state index is 0.0301. The highest BCUT2D eigenvalue weighted by Gasteiger charge is 2.10. The molecule has 0 saturated heterocycles. The molecule has 0 aliphatic carbocycles. The molecule has 88 valence electrons. The Labute approximate surface area is 105 Å². The molecule has 0 unspecified atom stereocenters. The molecule has 0 N–H and O–H groups in total. The zero-order valence-corrected chi connectivity index (χ0v) is 11.2. The lowest BCUT2D eigenvalue weighted by Gasteiger charge is -2.15. The Hall–Kier alpha value is -1.03. The number of rotatable bonds is 5. The zero-order valence-electron chi connectivity index (χ0n) is 9.57. The minimum Gasteiger partial charge on any atom is -0.494 e. The third-order valence-corrected chi connectivity index (χ3v) is 2.53. The molecule has 1 aromatic rings. The summed E-state index contributed by atoms with van der Waals surface area (Å²) in [5, 5.41) is 0.784.